The molecule has 2 rings (SSSR count). The van der Waals surface area contributed by atoms with Gasteiger partial charge in [-0.15, -0.1) is 0 Å². The molecule has 0 aromatic carbocycles. The Labute approximate surface area is 109 Å². The van der Waals surface area contributed by atoms with Gasteiger partial charge in [-0.1, -0.05) is 0 Å². The van der Waals surface area contributed by atoms with E-state index in [9.17, 15) is 14.4 Å². The van der Waals surface area contributed by atoms with E-state index in [0.717, 1.165) is 0 Å². The zero-order chi connectivity index (χ0) is 14.0. The Morgan fingerprint density at radius 2 is 2.16 bits per heavy atom. The van der Waals surface area contributed by atoms with E-state index in [0.29, 0.717) is 6.42 Å². The summed E-state index contributed by atoms with van der Waals surface area (Å²) in [5.41, 5.74) is 1.49. The third kappa shape index (κ3) is 2.18. The highest BCUT2D eigenvalue weighted by molar-refractivity contribution is 6.04. The van der Waals surface area contributed by atoms with Crippen molar-refractivity contribution in [2.24, 2.45) is 0 Å². The molecule has 0 saturated carbocycles. The molecule has 7 nitrogen and oxygen atoms in total. The van der Waals surface area contributed by atoms with Crippen molar-refractivity contribution in [3.8, 4) is 0 Å². The highest BCUT2D eigenvalue weighted by Crippen LogP contribution is 2.35. The van der Waals surface area contributed by atoms with Gasteiger partial charge in [0.1, 0.15) is 5.54 Å². The van der Waals surface area contributed by atoms with Crippen molar-refractivity contribution >= 4 is 17.8 Å². The highest BCUT2D eigenvalue weighted by atomic mass is 16.5. The fourth-order valence-corrected chi connectivity index (χ4v) is 2.17. The smallest absolute Gasteiger partial charge is 0.425 e. The number of hydrogen-bond donors (Lipinski definition) is 1. The van der Waals surface area contributed by atoms with Gasteiger partial charge in [-0.3, -0.25) is 9.59 Å². The molecular weight excluding hydrogens is 252 g/mol. The maximum Gasteiger partial charge on any atom is 0.425 e. The average Bonchev–Trinajstić information content (AvgIpc) is 2.71. The minimum absolute atomic E-state index is 0.147. The maximum absolute atomic E-state index is 11.8. The summed E-state index contributed by atoms with van der Waals surface area (Å²) in [5.74, 6) is -0.379. The van der Waals surface area contributed by atoms with E-state index in [4.69, 9.17) is 4.74 Å². The molecule has 7 heteroatoms. The van der Waals surface area contributed by atoms with Crippen LogP contribution in [0.5, 0.6) is 0 Å². The largest absolute Gasteiger partial charge is 0.493 e. The van der Waals surface area contributed by atoms with Crippen molar-refractivity contribution < 1.29 is 23.9 Å². The number of nitrogens with one attached hydrogen (secondary N) is 1. The average molecular weight is 266 g/mol. The van der Waals surface area contributed by atoms with Crippen LogP contribution in [-0.2, 0) is 19.1 Å². The number of hydrogen-bond acceptors (Lipinski definition) is 5. The van der Waals surface area contributed by atoms with Crippen LogP contribution in [-0.4, -0.2) is 42.6 Å². The summed E-state index contributed by atoms with van der Waals surface area (Å²) in [6.45, 7) is 0. The second-order valence-corrected chi connectivity index (χ2v) is 4.23. The van der Waals surface area contributed by atoms with E-state index < -0.39 is 11.6 Å². The van der Waals surface area contributed by atoms with Gasteiger partial charge in [0.05, 0.1) is 14.2 Å². The first-order valence-corrected chi connectivity index (χ1v) is 5.70. The number of rotatable bonds is 2. The number of carbonyl (C=O) groups is 3. The molecule has 0 bridgehead atoms. The summed E-state index contributed by atoms with van der Waals surface area (Å²) in [6.07, 6.45) is 4.42. The number of amides is 2. The molecule has 1 saturated heterocycles. The SMILES string of the molecule is COC(=O)NN1C(=O)CCC12C=CC(=O)C(OC)=C2. The summed E-state index contributed by atoms with van der Waals surface area (Å²) in [5, 5.41) is 1.17. The Bertz CT molecular complexity index is 496. The molecule has 1 aliphatic heterocycles. The topological polar surface area (TPSA) is 84.9 Å². The van der Waals surface area contributed by atoms with Crippen molar-refractivity contribution in [1.29, 1.82) is 0 Å². The Kier molecular flexibility index (Phi) is 3.28. The fraction of sp³-hybridized carbons (Fsp3) is 0.417. The number of carbonyl (C=O) groups excluding carboxylic acids is 3. The molecule has 1 fully saturated rings. The van der Waals surface area contributed by atoms with Crippen LogP contribution in [0.15, 0.2) is 24.0 Å². The molecule has 102 valence electrons. The molecule has 0 aromatic rings. The van der Waals surface area contributed by atoms with Gasteiger partial charge in [0.2, 0.25) is 11.7 Å². The van der Waals surface area contributed by atoms with Crippen LogP contribution in [0, 0.1) is 0 Å². The van der Waals surface area contributed by atoms with Gasteiger partial charge in [0.25, 0.3) is 0 Å². The second-order valence-electron chi connectivity index (χ2n) is 4.23. The van der Waals surface area contributed by atoms with Crippen molar-refractivity contribution in [2.45, 2.75) is 18.4 Å². The Morgan fingerprint density at radius 1 is 1.42 bits per heavy atom. The van der Waals surface area contributed by atoms with Crippen molar-refractivity contribution in [3.05, 3.63) is 24.0 Å². The van der Waals surface area contributed by atoms with Gasteiger partial charge in [-0.2, -0.15) is 0 Å². The molecule has 1 aliphatic carbocycles. The maximum atomic E-state index is 11.8. The predicted molar refractivity (Wildman–Crippen MR) is 63.6 cm³/mol. The number of nitrogens with zero attached hydrogens (tertiary/aromatic N) is 1. The number of hydrazine groups is 1. The van der Waals surface area contributed by atoms with Crippen LogP contribution in [0.2, 0.25) is 0 Å². The van der Waals surface area contributed by atoms with Crippen molar-refractivity contribution in [3.63, 3.8) is 0 Å². The quantitative estimate of drug-likeness (QED) is 0.776. The lowest BCUT2D eigenvalue weighted by molar-refractivity contribution is -0.132. The lowest BCUT2D eigenvalue weighted by Gasteiger charge is -2.34. The summed E-state index contributed by atoms with van der Waals surface area (Å²) in [6, 6.07) is 0. The van der Waals surface area contributed by atoms with E-state index >= 15 is 0 Å². The monoisotopic (exact) mass is 266 g/mol. The molecule has 1 N–H and O–H groups in total. The Hall–Kier alpha value is -2.31. The minimum atomic E-state index is -0.871. The van der Waals surface area contributed by atoms with Crippen LogP contribution in [0.1, 0.15) is 12.8 Å². The molecule has 0 aromatic heterocycles. The number of ether oxygens (including phenoxy) is 2. The summed E-state index contributed by atoms with van der Waals surface area (Å²) in [4.78, 5) is 34.7. The summed E-state index contributed by atoms with van der Waals surface area (Å²) >= 11 is 0. The van der Waals surface area contributed by atoms with Gasteiger partial charge in [0, 0.05) is 6.42 Å². The molecule has 19 heavy (non-hydrogen) atoms. The van der Waals surface area contributed by atoms with Gasteiger partial charge in [-0.25, -0.2) is 15.2 Å². The van der Waals surface area contributed by atoms with Crippen molar-refractivity contribution in [1.82, 2.24) is 10.4 Å². The van der Waals surface area contributed by atoms with E-state index in [1.54, 1.807) is 6.08 Å². The minimum Gasteiger partial charge on any atom is -0.493 e. The van der Waals surface area contributed by atoms with Crippen LogP contribution in [0.25, 0.3) is 0 Å². The molecule has 0 radical (unpaired) electrons. The molecule has 2 aliphatic rings. The molecular formula is C12H14N2O5. The van der Waals surface area contributed by atoms with E-state index in [1.165, 1.54) is 31.4 Å². The summed E-state index contributed by atoms with van der Waals surface area (Å²) in [7, 11) is 2.59. The van der Waals surface area contributed by atoms with Crippen LogP contribution in [0.4, 0.5) is 4.79 Å². The van der Waals surface area contributed by atoms with Crippen LogP contribution >= 0.6 is 0 Å². The number of ketones is 1. The van der Waals surface area contributed by atoms with Crippen molar-refractivity contribution in [2.75, 3.05) is 14.2 Å². The van der Waals surface area contributed by atoms with E-state index in [2.05, 4.69) is 10.2 Å². The van der Waals surface area contributed by atoms with Crippen LogP contribution in [0.3, 0.4) is 0 Å². The lowest BCUT2D eigenvalue weighted by Crippen LogP contribution is -2.54. The van der Waals surface area contributed by atoms with Gasteiger partial charge >= 0.3 is 6.09 Å². The van der Waals surface area contributed by atoms with Gasteiger partial charge in [0.15, 0.2) is 5.76 Å². The zero-order valence-corrected chi connectivity index (χ0v) is 10.6. The lowest BCUT2D eigenvalue weighted by atomic mass is 9.90. The molecule has 1 heterocycles. The molecule has 1 atom stereocenters. The van der Waals surface area contributed by atoms with Crippen LogP contribution < -0.4 is 5.43 Å². The Morgan fingerprint density at radius 3 is 2.79 bits per heavy atom. The van der Waals surface area contributed by atoms with Gasteiger partial charge in [-0.05, 0) is 24.6 Å². The number of methoxy groups -OCH3 is 2. The number of allylic oxidation sites excluding steroid dienone is 1. The predicted octanol–water partition coefficient (Wildman–Crippen LogP) is 0.288. The zero-order valence-electron chi connectivity index (χ0n) is 10.6. The highest BCUT2D eigenvalue weighted by Gasteiger charge is 2.46. The first-order valence-electron chi connectivity index (χ1n) is 5.70. The third-order valence-corrected chi connectivity index (χ3v) is 3.16. The summed E-state index contributed by atoms with van der Waals surface area (Å²) < 4.78 is 9.47. The van der Waals surface area contributed by atoms with E-state index in [1.807, 2.05) is 0 Å². The fourth-order valence-electron chi connectivity index (χ4n) is 2.17. The Balaban J connectivity index is 2.33. The standard InChI is InChI=1S/C12H14N2O5/c1-18-9-7-12(5-3-8(9)15)6-4-10(16)14(12)13-11(17)19-2/h3,5,7H,4,6H2,1-2H3,(H,13,17). The first kappa shape index (κ1) is 13.1. The third-order valence-electron chi connectivity index (χ3n) is 3.16. The molecule has 2 amide bonds. The molecule has 1 unspecified atom stereocenters. The van der Waals surface area contributed by atoms with E-state index in [-0.39, 0.29) is 23.9 Å². The second kappa shape index (κ2) is 4.75. The first-order chi connectivity index (χ1) is 9.02. The van der Waals surface area contributed by atoms with Gasteiger partial charge < -0.3 is 9.47 Å². The normalized spacial score (nSPS) is 25.6. The molecule has 1 spiro atoms.